The van der Waals surface area contributed by atoms with Crippen LogP contribution in [0.25, 0.3) is 0 Å². The molecule has 0 saturated carbocycles. The summed E-state index contributed by atoms with van der Waals surface area (Å²) in [5, 5.41) is 0. The third kappa shape index (κ3) is 9.70. The SMILES string of the molecule is CC(C)=CCOCC(C)(C)C. The molecule has 0 radical (unpaired) electrons. The van der Waals surface area contributed by atoms with Crippen LogP contribution in [0.1, 0.15) is 34.6 Å². The van der Waals surface area contributed by atoms with Gasteiger partial charge in [-0.2, -0.15) is 0 Å². The molecule has 1 nitrogen and oxygen atoms in total. The second kappa shape index (κ2) is 4.55. The van der Waals surface area contributed by atoms with E-state index in [1.807, 2.05) is 0 Å². The van der Waals surface area contributed by atoms with Gasteiger partial charge in [-0.15, -0.1) is 0 Å². The summed E-state index contributed by atoms with van der Waals surface area (Å²) < 4.78 is 5.43. The van der Waals surface area contributed by atoms with Crippen molar-refractivity contribution in [3.63, 3.8) is 0 Å². The highest BCUT2D eigenvalue weighted by Gasteiger charge is 2.08. The van der Waals surface area contributed by atoms with Gasteiger partial charge in [0.15, 0.2) is 0 Å². The number of ether oxygens (including phenoxy) is 1. The van der Waals surface area contributed by atoms with E-state index in [0.29, 0.717) is 0 Å². The molecule has 0 bridgehead atoms. The molecule has 11 heavy (non-hydrogen) atoms. The topological polar surface area (TPSA) is 9.23 Å². The molecule has 0 amide bonds. The van der Waals surface area contributed by atoms with Gasteiger partial charge < -0.3 is 4.74 Å². The number of rotatable bonds is 3. The molecule has 0 N–H and O–H groups in total. The summed E-state index contributed by atoms with van der Waals surface area (Å²) in [6, 6.07) is 0. The minimum absolute atomic E-state index is 0.287. The van der Waals surface area contributed by atoms with E-state index >= 15 is 0 Å². The molecule has 0 atom stereocenters. The maximum Gasteiger partial charge on any atom is 0.0650 e. The lowest BCUT2D eigenvalue weighted by Crippen LogP contribution is -2.14. The van der Waals surface area contributed by atoms with Crippen LogP contribution in [-0.4, -0.2) is 13.2 Å². The Bertz CT molecular complexity index is 124. The van der Waals surface area contributed by atoms with Crippen LogP contribution in [0.3, 0.4) is 0 Å². The average molecular weight is 156 g/mol. The molecule has 1 heteroatoms. The van der Waals surface area contributed by atoms with Crippen molar-refractivity contribution < 1.29 is 4.74 Å². The van der Waals surface area contributed by atoms with Crippen LogP contribution < -0.4 is 0 Å². The zero-order chi connectivity index (χ0) is 8.91. The fourth-order valence-electron chi connectivity index (χ4n) is 0.591. The second-order valence-electron chi connectivity index (χ2n) is 4.36. The van der Waals surface area contributed by atoms with Gasteiger partial charge in [0.25, 0.3) is 0 Å². The van der Waals surface area contributed by atoms with E-state index in [-0.39, 0.29) is 5.41 Å². The molecule has 66 valence electrons. The van der Waals surface area contributed by atoms with Crippen LogP contribution in [0.2, 0.25) is 0 Å². The molecular formula is C10H20O. The zero-order valence-electron chi connectivity index (χ0n) is 8.40. The predicted octanol–water partition coefficient (Wildman–Crippen LogP) is 3.02. The van der Waals surface area contributed by atoms with Crippen LogP contribution in [0.5, 0.6) is 0 Å². The highest BCUT2D eigenvalue weighted by atomic mass is 16.5. The lowest BCUT2D eigenvalue weighted by Gasteiger charge is -2.17. The molecule has 0 aromatic heterocycles. The van der Waals surface area contributed by atoms with Crippen molar-refractivity contribution in [1.29, 1.82) is 0 Å². The van der Waals surface area contributed by atoms with E-state index in [2.05, 4.69) is 40.7 Å². The second-order valence-corrected chi connectivity index (χ2v) is 4.36. The van der Waals surface area contributed by atoms with Gasteiger partial charge in [-0.05, 0) is 19.3 Å². The Kier molecular flexibility index (Phi) is 4.43. The summed E-state index contributed by atoms with van der Waals surface area (Å²) in [6.07, 6.45) is 2.10. The monoisotopic (exact) mass is 156 g/mol. The first-order valence-corrected chi connectivity index (χ1v) is 4.13. The number of hydrogen-bond donors (Lipinski definition) is 0. The third-order valence-corrected chi connectivity index (χ3v) is 1.14. The Morgan fingerprint density at radius 1 is 1.27 bits per heavy atom. The van der Waals surface area contributed by atoms with Gasteiger partial charge in [0, 0.05) is 0 Å². The van der Waals surface area contributed by atoms with Crippen molar-refractivity contribution in [2.45, 2.75) is 34.6 Å². The molecule has 0 rings (SSSR count). The van der Waals surface area contributed by atoms with Crippen LogP contribution in [-0.2, 0) is 4.74 Å². The lowest BCUT2D eigenvalue weighted by atomic mass is 9.99. The summed E-state index contributed by atoms with van der Waals surface area (Å²) in [7, 11) is 0. The van der Waals surface area contributed by atoms with Gasteiger partial charge in [-0.25, -0.2) is 0 Å². The molecule has 0 aliphatic carbocycles. The standard InChI is InChI=1S/C10H20O/c1-9(2)6-7-11-8-10(3,4)5/h6H,7-8H2,1-5H3. The maximum absolute atomic E-state index is 5.43. The van der Waals surface area contributed by atoms with Crippen LogP contribution in [0.15, 0.2) is 11.6 Å². The van der Waals surface area contributed by atoms with Crippen LogP contribution in [0, 0.1) is 5.41 Å². The summed E-state index contributed by atoms with van der Waals surface area (Å²) in [6.45, 7) is 12.3. The third-order valence-electron chi connectivity index (χ3n) is 1.14. The number of allylic oxidation sites excluding steroid dienone is 1. The maximum atomic E-state index is 5.43. The van der Waals surface area contributed by atoms with Crippen molar-refractivity contribution >= 4 is 0 Å². The fourth-order valence-corrected chi connectivity index (χ4v) is 0.591. The number of hydrogen-bond acceptors (Lipinski definition) is 1. The molecular weight excluding hydrogens is 136 g/mol. The highest BCUT2D eigenvalue weighted by molar-refractivity contribution is 4.92. The van der Waals surface area contributed by atoms with Gasteiger partial charge >= 0.3 is 0 Å². The van der Waals surface area contributed by atoms with Crippen molar-refractivity contribution in [1.82, 2.24) is 0 Å². The molecule has 0 aromatic rings. The first-order chi connectivity index (χ1) is 4.92. The Labute approximate surface area is 70.4 Å². The van der Waals surface area contributed by atoms with Gasteiger partial charge in [-0.1, -0.05) is 32.4 Å². The van der Waals surface area contributed by atoms with Gasteiger partial charge in [0.2, 0.25) is 0 Å². The van der Waals surface area contributed by atoms with Crippen LogP contribution >= 0.6 is 0 Å². The Balaban J connectivity index is 3.36. The van der Waals surface area contributed by atoms with E-state index in [1.165, 1.54) is 5.57 Å². The normalized spacial score (nSPS) is 11.4. The van der Waals surface area contributed by atoms with Gasteiger partial charge in [0.1, 0.15) is 0 Å². The summed E-state index contributed by atoms with van der Waals surface area (Å²) in [4.78, 5) is 0. The zero-order valence-corrected chi connectivity index (χ0v) is 8.40. The van der Waals surface area contributed by atoms with E-state index in [1.54, 1.807) is 0 Å². The molecule has 0 fully saturated rings. The Hall–Kier alpha value is -0.300. The smallest absolute Gasteiger partial charge is 0.0650 e. The fraction of sp³-hybridized carbons (Fsp3) is 0.800. The summed E-state index contributed by atoms with van der Waals surface area (Å²) in [5.41, 5.74) is 1.61. The summed E-state index contributed by atoms with van der Waals surface area (Å²) in [5.74, 6) is 0. The first-order valence-electron chi connectivity index (χ1n) is 4.13. The summed E-state index contributed by atoms with van der Waals surface area (Å²) >= 11 is 0. The van der Waals surface area contributed by atoms with E-state index in [9.17, 15) is 0 Å². The Morgan fingerprint density at radius 2 is 1.82 bits per heavy atom. The molecule has 0 saturated heterocycles. The van der Waals surface area contributed by atoms with Gasteiger partial charge in [-0.3, -0.25) is 0 Å². The van der Waals surface area contributed by atoms with Crippen molar-refractivity contribution in [3.05, 3.63) is 11.6 Å². The van der Waals surface area contributed by atoms with Crippen LogP contribution in [0.4, 0.5) is 0 Å². The van der Waals surface area contributed by atoms with Crippen molar-refractivity contribution in [2.75, 3.05) is 13.2 Å². The minimum atomic E-state index is 0.287. The minimum Gasteiger partial charge on any atom is -0.377 e. The average Bonchev–Trinajstić information content (AvgIpc) is 1.78. The highest BCUT2D eigenvalue weighted by Crippen LogP contribution is 2.12. The molecule has 0 unspecified atom stereocenters. The van der Waals surface area contributed by atoms with E-state index in [4.69, 9.17) is 4.74 Å². The van der Waals surface area contributed by atoms with Gasteiger partial charge in [0.05, 0.1) is 13.2 Å². The molecule has 0 aliphatic heterocycles. The molecule has 0 heterocycles. The largest absolute Gasteiger partial charge is 0.377 e. The molecule has 0 aliphatic rings. The molecule has 0 spiro atoms. The van der Waals surface area contributed by atoms with E-state index < -0.39 is 0 Å². The molecule has 0 aromatic carbocycles. The first kappa shape index (κ1) is 10.7. The van der Waals surface area contributed by atoms with Crippen molar-refractivity contribution in [3.8, 4) is 0 Å². The van der Waals surface area contributed by atoms with E-state index in [0.717, 1.165) is 13.2 Å². The predicted molar refractivity (Wildman–Crippen MR) is 49.7 cm³/mol. The lowest BCUT2D eigenvalue weighted by molar-refractivity contribution is 0.0907. The quantitative estimate of drug-likeness (QED) is 0.451. The Morgan fingerprint density at radius 3 is 2.18 bits per heavy atom. The van der Waals surface area contributed by atoms with Crippen molar-refractivity contribution in [2.24, 2.45) is 5.41 Å².